The van der Waals surface area contributed by atoms with Crippen molar-refractivity contribution < 1.29 is 36.8 Å². The zero-order valence-electron chi connectivity index (χ0n) is 24.5. The third kappa shape index (κ3) is 8.06. The van der Waals surface area contributed by atoms with E-state index in [-0.39, 0.29) is 41.0 Å². The van der Waals surface area contributed by atoms with Crippen molar-refractivity contribution in [1.29, 1.82) is 0 Å². The molecule has 0 fully saturated rings. The lowest BCUT2D eigenvalue weighted by Gasteiger charge is -2.35. The monoisotopic (exact) mass is 611 g/mol. The lowest BCUT2D eigenvalue weighted by molar-refractivity contribution is -0.0500. The number of pyridine rings is 1. The summed E-state index contributed by atoms with van der Waals surface area (Å²) in [7, 11) is -1.54. The number of benzene rings is 1. The highest BCUT2D eigenvalue weighted by atomic mass is 32.2. The van der Waals surface area contributed by atoms with E-state index in [1.165, 1.54) is 30.3 Å². The molecule has 42 heavy (non-hydrogen) atoms. The summed E-state index contributed by atoms with van der Waals surface area (Å²) in [5.41, 5.74) is -1.82. The molecule has 14 heteroatoms. The number of nitrogens with zero attached hydrogens (tertiary/aromatic N) is 3. The fourth-order valence-corrected chi connectivity index (χ4v) is 4.99. The van der Waals surface area contributed by atoms with Crippen molar-refractivity contribution in [3.05, 3.63) is 53.6 Å². The van der Waals surface area contributed by atoms with Gasteiger partial charge in [-0.2, -0.15) is 8.78 Å². The van der Waals surface area contributed by atoms with Gasteiger partial charge in [-0.3, -0.25) is 15.1 Å². The molecule has 2 aromatic rings. The number of carbonyl (C=O) groups excluding carboxylic acids is 2. The number of amides is 2. The first-order valence-corrected chi connectivity index (χ1v) is 14.3. The number of ether oxygens (including phenoxy) is 2. The van der Waals surface area contributed by atoms with Gasteiger partial charge in [-0.25, -0.2) is 18.5 Å². The van der Waals surface area contributed by atoms with Gasteiger partial charge in [0, 0.05) is 28.8 Å². The Labute approximate surface area is 245 Å². The van der Waals surface area contributed by atoms with Crippen LogP contribution in [-0.2, 0) is 21.2 Å². The summed E-state index contributed by atoms with van der Waals surface area (Å²) < 4.78 is 64.2. The van der Waals surface area contributed by atoms with Crippen LogP contribution in [0.5, 0.6) is 5.75 Å². The Morgan fingerprint density at radius 3 is 2.43 bits per heavy atom. The van der Waals surface area contributed by atoms with E-state index in [1.807, 2.05) is 6.92 Å². The van der Waals surface area contributed by atoms with Gasteiger partial charge in [0.2, 0.25) is 0 Å². The molecule has 0 aliphatic carbocycles. The van der Waals surface area contributed by atoms with Gasteiger partial charge >= 0.3 is 12.7 Å². The molecule has 0 radical (unpaired) electrons. The largest absolute Gasteiger partial charge is 0.444 e. The molecule has 2 amide bonds. The van der Waals surface area contributed by atoms with Gasteiger partial charge in [0.25, 0.3) is 5.91 Å². The number of halogens is 3. The average molecular weight is 612 g/mol. The Kier molecular flexibility index (Phi) is 10.0. The van der Waals surface area contributed by atoms with Gasteiger partial charge in [0.05, 0.1) is 11.7 Å². The SMILES string of the molecule is C[C@H]1CCN=[S@](O)C(C)(C)C(NC(=O)OC(C)(C)C)=N[C@]1(C)c1cc(NC(=O)c2ccc(OC(F)F)cn2)ccc1F. The van der Waals surface area contributed by atoms with Crippen LogP contribution >= 0.6 is 0 Å². The van der Waals surface area contributed by atoms with Crippen LogP contribution in [0.1, 0.15) is 70.9 Å². The molecule has 0 saturated heterocycles. The Bertz CT molecular complexity index is 1380. The molecule has 0 saturated carbocycles. The maximum absolute atomic E-state index is 15.5. The number of alkyl halides is 2. The quantitative estimate of drug-likeness (QED) is 0.363. The number of amidine groups is 1. The van der Waals surface area contributed by atoms with Crippen molar-refractivity contribution in [3.8, 4) is 5.75 Å². The van der Waals surface area contributed by atoms with Gasteiger partial charge in [0.15, 0.2) is 0 Å². The molecule has 1 aromatic heterocycles. The second-order valence-electron chi connectivity index (χ2n) is 11.5. The van der Waals surface area contributed by atoms with Crippen molar-refractivity contribution in [2.75, 3.05) is 11.9 Å². The second kappa shape index (κ2) is 12.8. The molecule has 0 bridgehead atoms. The molecule has 1 aromatic carbocycles. The van der Waals surface area contributed by atoms with E-state index in [0.29, 0.717) is 6.42 Å². The first-order chi connectivity index (χ1) is 19.4. The summed E-state index contributed by atoms with van der Waals surface area (Å²) >= 11 is 0. The summed E-state index contributed by atoms with van der Waals surface area (Å²) in [4.78, 5) is 34.4. The zero-order chi connectivity index (χ0) is 31.5. The van der Waals surface area contributed by atoms with E-state index in [0.717, 1.165) is 6.20 Å². The molecule has 10 nitrogen and oxygen atoms in total. The van der Waals surface area contributed by atoms with Gasteiger partial charge in [-0.15, -0.1) is 0 Å². The fourth-order valence-electron chi connectivity index (χ4n) is 4.12. The standard InChI is InChI=1S/C28H36F3N5O5S/c1-16-12-13-33-42(39)27(5,6)23(35-25(38)41-26(2,3)4)36-28(16,7)19-14-17(8-10-20(19)29)34-22(37)21-11-9-18(15-32-21)40-24(30)31/h8-11,14-16,24H,12-13H2,1-7H3,(H,33,39)(H,34,37)(H,35,36,38)/t16-,28-,42+/m0/s1. The zero-order valence-corrected chi connectivity index (χ0v) is 25.3. The van der Waals surface area contributed by atoms with Gasteiger partial charge in [-0.05, 0) is 84.2 Å². The number of anilines is 1. The predicted molar refractivity (Wildman–Crippen MR) is 155 cm³/mol. The number of rotatable bonds is 5. The second-order valence-corrected chi connectivity index (χ2v) is 13.3. The van der Waals surface area contributed by atoms with E-state index >= 15 is 4.39 Å². The Hall–Kier alpha value is -3.52. The fraction of sp³-hybridized carbons (Fsp3) is 0.500. The van der Waals surface area contributed by atoms with Crippen LogP contribution in [0.25, 0.3) is 0 Å². The topological polar surface area (TPSA) is 134 Å². The maximum atomic E-state index is 15.5. The molecule has 0 unspecified atom stereocenters. The lowest BCUT2D eigenvalue weighted by atomic mass is 9.78. The van der Waals surface area contributed by atoms with Crippen LogP contribution in [0.4, 0.5) is 23.7 Å². The molecule has 3 N–H and O–H groups in total. The summed E-state index contributed by atoms with van der Waals surface area (Å²) in [5, 5.41) is 5.30. The minimum absolute atomic E-state index is 0.0618. The number of aliphatic imine (C=N–C) groups is 1. The molecule has 2 heterocycles. The van der Waals surface area contributed by atoms with Crippen molar-refractivity contribution in [2.45, 2.75) is 77.4 Å². The molecule has 230 valence electrons. The van der Waals surface area contributed by atoms with Crippen LogP contribution in [0, 0.1) is 11.7 Å². The highest BCUT2D eigenvalue weighted by Crippen LogP contribution is 2.40. The smallest absolute Gasteiger partial charge is 0.413 e. The Morgan fingerprint density at radius 2 is 1.83 bits per heavy atom. The van der Waals surface area contributed by atoms with Gasteiger partial charge < -0.3 is 19.3 Å². The first-order valence-electron chi connectivity index (χ1n) is 13.2. The van der Waals surface area contributed by atoms with Gasteiger partial charge in [-0.1, -0.05) is 6.92 Å². The third-order valence-electron chi connectivity index (χ3n) is 6.69. The number of nitrogens with one attached hydrogen (secondary N) is 2. The van der Waals surface area contributed by atoms with Crippen LogP contribution in [-0.4, -0.2) is 50.9 Å². The molecule has 3 atom stereocenters. The molecule has 3 rings (SSSR count). The number of alkyl carbamates (subject to hydrolysis) is 1. The van der Waals surface area contributed by atoms with Crippen molar-refractivity contribution in [1.82, 2.24) is 10.3 Å². The molecule has 1 aliphatic heterocycles. The van der Waals surface area contributed by atoms with Crippen molar-refractivity contribution in [3.63, 3.8) is 0 Å². The van der Waals surface area contributed by atoms with Crippen LogP contribution < -0.4 is 15.4 Å². The predicted octanol–water partition coefficient (Wildman–Crippen LogP) is 6.31. The van der Waals surface area contributed by atoms with Crippen LogP contribution in [0.3, 0.4) is 0 Å². The normalized spacial score (nSPS) is 22.5. The average Bonchev–Trinajstić information content (AvgIpc) is 2.90. The number of hydrogen-bond acceptors (Lipinski definition) is 7. The molecular formula is C28H36F3N5O5S. The molecule has 1 aliphatic rings. The van der Waals surface area contributed by atoms with Crippen molar-refractivity contribution in [2.24, 2.45) is 15.3 Å². The summed E-state index contributed by atoms with van der Waals surface area (Å²) in [6, 6.07) is 6.39. The van der Waals surface area contributed by atoms with Crippen molar-refractivity contribution >= 4 is 34.5 Å². The number of hydrogen-bond donors (Lipinski definition) is 3. The summed E-state index contributed by atoms with van der Waals surface area (Å²) in [6.07, 6.45) is 0.638. The summed E-state index contributed by atoms with van der Waals surface area (Å²) in [6.45, 7) is 9.26. The van der Waals surface area contributed by atoms with E-state index in [4.69, 9.17) is 9.73 Å². The Morgan fingerprint density at radius 1 is 1.14 bits per heavy atom. The number of aromatic nitrogens is 1. The molecule has 0 spiro atoms. The highest BCUT2D eigenvalue weighted by Gasteiger charge is 2.41. The van der Waals surface area contributed by atoms with E-state index in [2.05, 4.69) is 24.7 Å². The lowest BCUT2D eigenvalue weighted by Crippen LogP contribution is -2.50. The van der Waals surface area contributed by atoms with Crippen LogP contribution in [0.15, 0.2) is 45.9 Å². The van der Waals surface area contributed by atoms with Crippen LogP contribution in [0.2, 0.25) is 0 Å². The number of carbonyl (C=O) groups is 2. The molecular weight excluding hydrogens is 575 g/mol. The highest BCUT2D eigenvalue weighted by molar-refractivity contribution is 7.84. The third-order valence-corrected chi connectivity index (χ3v) is 8.22. The maximum Gasteiger partial charge on any atom is 0.413 e. The van der Waals surface area contributed by atoms with E-state index in [1.54, 1.807) is 41.5 Å². The minimum Gasteiger partial charge on any atom is -0.444 e. The van der Waals surface area contributed by atoms with Gasteiger partial charge in [0.1, 0.15) is 33.4 Å². The Balaban J connectivity index is 2.03. The first kappa shape index (κ1) is 33.0. The minimum atomic E-state index is -3.03. The van der Waals surface area contributed by atoms with E-state index < -0.39 is 51.3 Å². The summed E-state index contributed by atoms with van der Waals surface area (Å²) in [5.74, 6) is -1.75. The van der Waals surface area contributed by atoms with E-state index in [9.17, 15) is 22.9 Å².